The number of nitrogens with zero attached hydrogens (tertiary/aromatic N) is 1. The molecule has 23 heavy (non-hydrogen) atoms. The van der Waals surface area contributed by atoms with Gasteiger partial charge in [-0.3, -0.25) is 9.89 Å². The Balaban J connectivity index is 1.89. The van der Waals surface area contributed by atoms with Crippen LogP contribution in [0.25, 0.3) is 11.1 Å². The maximum atomic E-state index is 13.2. The number of hydrogen-bond acceptors (Lipinski definition) is 2. The van der Waals surface area contributed by atoms with Gasteiger partial charge >= 0.3 is 0 Å². The molecule has 0 unspecified atom stereocenters. The minimum atomic E-state index is -0.824. The van der Waals surface area contributed by atoms with Crippen LogP contribution in [-0.2, 0) is 0 Å². The van der Waals surface area contributed by atoms with Gasteiger partial charge in [-0.2, -0.15) is 5.10 Å². The third-order valence-corrected chi connectivity index (χ3v) is 3.37. The minimum absolute atomic E-state index is 0.130. The normalized spacial score (nSPS) is 10.6. The Morgan fingerprint density at radius 2 is 1.87 bits per heavy atom. The summed E-state index contributed by atoms with van der Waals surface area (Å²) in [5, 5.41) is 9.60. The maximum Gasteiger partial charge on any atom is 0.257 e. The molecule has 0 aliphatic carbocycles. The van der Waals surface area contributed by atoms with E-state index >= 15 is 0 Å². The van der Waals surface area contributed by atoms with Crippen LogP contribution >= 0.6 is 11.6 Å². The first-order chi connectivity index (χ1) is 11.0. The van der Waals surface area contributed by atoms with Gasteiger partial charge in [-0.1, -0.05) is 23.7 Å². The van der Waals surface area contributed by atoms with E-state index in [4.69, 9.17) is 11.6 Å². The van der Waals surface area contributed by atoms with Crippen molar-refractivity contribution in [2.45, 2.75) is 0 Å². The van der Waals surface area contributed by atoms with Crippen LogP contribution in [0, 0.1) is 11.6 Å². The number of hydrogen-bond donors (Lipinski definition) is 2. The van der Waals surface area contributed by atoms with Crippen molar-refractivity contribution in [3.63, 3.8) is 0 Å². The van der Waals surface area contributed by atoms with E-state index in [0.29, 0.717) is 22.5 Å². The maximum absolute atomic E-state index is 13.2. The van der Waals surface area contributed by atoms with Crippen LogP contribution in [0.1, 0.15) is 10.4 Å². The topological polar surface area (TPSA) is 57.8 Å². The van der Waals surface area contributed by atoms with Crippen molar-refractivity contribution < 1.29 is 13.6 Å². The summed E-state index contributed by atoms with van der Waals surface area (Å²) in [7, 11) is 0. The molecule has 116 valence electrons. The summed E-state index contributed by atoms with van der Waals surface area (Å²) < 4.78 is 26.4. The van der Waals surface area contributed by atoms with Crippen molar-refractivity contribution in [3.8, 4) is 11.1 Å². The quantitative estimate of drug-likeness (QED) is 0.752. The van der Waals surface area contributed by atoms with Crippen LogP contribution in [0.2, 0.25) is 5.02 Å². The number of halogens is 3. The van der Waals surface area contributed by atoms with Gasteiger partial charge in [0, 0.05) is 22.2 Å². The molecule has 2 aromatic carbocycles. The minimum Gasteiger partial charge on any atom is -0.306 e. The third-order valence-electron chi connectivity index (χ3n) is 3.14. The van der Waals surface area contributed by atoms with Gasteiger partial charge in [-0.25, -0.2) is 8.78 Å². The highest BCUT2D eigenvalue weighted by molar-refractivity contribution is 6.30. The lowest BCUT2D eigenvalue weighted by Crippen LogP contribution is -2.13. The molecule has 0 radical (unpaired) electrons. The van der Waals surface area contributed by atoms with Crippen LogP contribution in [0.15, 0.2) is 48.7 Å². The van der Waals surface area contributed by atoms with Crippen LogP contribution in [0.5, 0.6) is 0 Å². The van der Waals surface area contributed by atoms with E-state index in [1.165, 1.54) is 6.20 Å². The number of rotatable bonds is 3. The van der Waals surface area contributed by atoms with E-state index in [9.17, 15) is 13.6 Å². The summed E-state index contributed by atoms with van der Waals surface area (Å²) in [6, 6.07) is 9.60. The molecule has 0 atom stereocenters. The molecule has 0 aliphatic rings. The number of benzene rings is 2. The van der Waals surface area contributed by atoms with Gasteiger partial charge in [-0.05, 0) is 29.8 Å². The average Bonchev–Trinajstić information content (AvgIpc) is 2.94. The molecule has 1 aromatic heterocycles. The summed E-state index contributed by atoms with van der Waals surface area (Å²) in [6.45, 7) is 0. The largest absolute Gasteiger partial charge is 0.306 e. The summed E-state index contributed by atoms with van der Waals surface area (Å²) in [5.41, 5.74) is 1.22. The Kier molecular flexibility index (Phi) is 4.08. The molecular formula is C16H10ClF2N3O. The van der Waals surface area contributed by atoms with Gasteiger partial charge < -0.3 is 5.32 Å². The van der Waals surface area contributed by atoms with Gasteiger partial charge in [0.2, 0.25) is 0 Å². The lowest BCUT2D eigenvalue weighted by Gasteiger charge is -2.07. The van der Waals surface area contributed by atoms with Crippen molar-refractivity contribution >= 4 is 23.3 Å². The molecule has 0 saturated carbocycles. The first-order valence-corrected chi connectivity index (χ1v) is 6.97. The molecule has 4 nitrogen and oxygen atoms in total. The Morgan fingerprint density at radius 3 is 2.57 bits per heavy atom. The third kappa shape index (κ3) is 3.37. The molecule has 0 saturated heterocycles. The lowest BCUT2D eigenvalue weighted by molar-refractivity contribution is 0.102. The number of H-pyrrole nitrogens is 1. The van der Waals surface area contributed by atoms with Crippen molar-refractivity contribution in [2.75, 3.05) is 5.32 Å². The molecule has 0 bridgehead atoms. The molecule has 1 heterocycles. The predicted octanol–water partition coefficient (Wildman–Crippen LogP) is 4.26. The number of carbonyl (C=O) groups is 1. The Bertz CT molecular complexity index is 859. The second kappa shape index (κ2) is 6.18. The van der Waals surface area contributed by atoms with Crippen LogP contribution in [0.4, 0.5) is 14.6 Å². The molecule has 3 aromatic rings. The first kappa shape index (κ1) is 15.2. The smallest absolute Gasteiger partial charge is 0.257 e. The van der Waals surface area contributed by atoms with E-state index in [-0.39, 0.29) is 5.56 Å². The zero-order valence-electron chi connectivity index (χ0n) is 11.6. The highest BCUT2D eigenvalue weighted by Gasteiger charge is 2.14. The molecule has 3 rings (SSSR count). The predicted molar refractivity (Wildman–Crippen MR) is 83.3 cm³/mol. The summed E-state index contributed by atoms with van der Waals surface area (Å²) in [6.07, 6.45) is 1.52. The van der Waals surface area contributed by atoms with Crippen molar-refractivity contribution in [3.05, 3.63) is 70.9 Å². The average molecular weight is 334 g/mol. The number of aromatic amines is 1. The van der Waals surface area contributed by atoms with Crippen molar-refractivity contribution in [2.24, 2.45) is 0 Å². The van der Waals surface area contributed by atoms with Gasteiger partial charge in [-0.15, -0.1) is 0 Å². The summed E-state index contributed by atoms with van der Waals surface area (Å²) >= 11 is 5.95. The lowest BCUT2D eigenvalue weighted by atomic mass is 10.1. The molecule has 1 amide bonds. The van der Waals surface area contributed by atoms with Gasteiger partial charge in [0.05, 0.1) is 6.20 Å². The van der Waals surface area contributed by atoms with Crippen molar-refractivity contribution in [1.29, 1.82) is 0 Å². The molecule has 7 heteroatoms. The fourth-order valence-corrected chi connectivity index (χ4v) is 2.32. The second-order valence-electron chi connectivity index (χ2n) is 4.78. The number of anilines is 1. The van der Waals surface area contributed by atoms with E-state index in [1.54, 1.807) is 24.3 Å². The van der Waals surface area contributed by atoms with E-state index in [1.807, 2.05) is 0 Å². The number of aromatic nitrogens is 2. The number of carbonyl (C=O) groups excluding carboxylic acids is 1. The van der Waals surface area contributed by atoms with Crippen LogP contribution < -0.4 is 5.32 Å². The molecular weight excluding hydrogens is 324 g/mol. The summed E-state index contributed by atoms with van der Waals surface area (Å²) in [4.78, 5) is 12.1. The van der Waals surface area contributed by atoms with Crippen LogP contribution in [-0.4, -0.2) is 16.1 Å². The standard InChI is InChI=1S/C16H10ClF2N3O/c17-11-3-1-2-9(4-11)14-8-20-22-15(14)21-16(23)10-5-12(18)7-13(19)6-10/h1-8H,(H2,20,21,22,23). The van der Waals surface area contributed by atoms with Gasteiger partial charge in [0.15, 0.2) is 0 Å². The molecule has 0 spiro atoms. The number of amides is 1. The van der Waals surface area contributed by atoms with E-state index < -0.39 is 17.5 Å². The monoisotopic (exact) mass is 333 g/mol. The first-order valence-electron chi connectivity index (χ1n) is 6.59. The van der Waals surface area contributed by atoms with Crippen LogP contribution in [0.3, 0.4) is 0 Å². The second-order valence-corrected chi connectivity index (χ2v) is 5.22. The molecule has 2 N–H and O–H groups in total. The van der Waals surface area contributed by atoms with Gasteiger partial charge in [0.1, 0.15) is 17.5 Å². The fraction of sp³-hybridized carbons (Fsp3) is 0. The molecule has 0 fully saturated rings. The van der Waals surface area contributed by atoms with E-state index in [2.05, 4.69) is 15.5 Å². The SMILES string of the molecule is O=C(Nc1[nH]ncc1-c1cccc(Cl)c1)c1cc(F)cc(F)c1. The summed E-state index contributed by atoms with van der Waals surface area (Å²) in [5.74, 6) is -2.00. The van der Waals surface area contributed by atoms with Crippen molar-refractivity contribution in [1.82, 2.24) is 10.2 Å². The number of nitrogens with one attached hydrogen (secondary N) is 2. The zero-order chi connectivity index (χ0) is 16.4. The zero-order valence-corrected chi connectivity index (χ0v) is 12.4. The Hall–Kier alpha value is -2.73. The Labute approximate surface area is 135 Å². The fourth-order valence-electron chi connectivity index (χ4n) is 2.13. The Morgan fingerprint density at radius 1 is 1.13 bits per heavy atom. The van der Waals surface area contributed by atoms with E-state index in [0.717, 1.165) is 17.7 Å². The molecule has 0 aliphatic heterocycles. The van der Waals surface area contributed by atoms with Gasteiger partial charge in [0.25, 0.3) is 5.91 Å². The highest BCUT2D eigenvalue weighted by atomic mass is 35.5. The highest BCUT2D eigenvalue weighted by Crippen LogP contribution is 2.28.